The molecule has 1 amide bonds. The van der Waals surface area contributed by atoms with E-state index in [0.29, 0.717) is 34.6 Å². The molecule has 1 aliphatic rings. The maximum atomic E-state index is 12.3. The number of sulfonamides is 1. The lowest BCUT2D eigenvalue weighted by molar-refractivity contribution is -0.120. The topological polar surface area (TPSA) is 66.5 Å². The fourth-order valence-corrected chi connectivity index (χ4v) is 3.68. The second kappa shape index (κ2) is 6.64. The van der Waals surface area contributed by atoms with Crippen molar-refractivity contribution in [2.75, 3.05) is 24.7 Å². The molecule has 1 fully saturated rings. The number of nitrogens with zero attached hydrogens (tertiary/aromatic N) is 1. The Morgan fingerprint density at radius 1 is 1.48 bits per heavy atom. The van der Waals surface area contributed by atoms with Crippen LogP contribution in [0.2, 0.25) is 5.02 Å². The molecule has 116 valence electrons. The summed E-state index contributed by atoms with van der Waals surface area (Å²) < 4.78 is 25.2. The number of piperidine rings is 1. The van der Waals surface area contributed by atoms with E-state index in [2.05, 4.69) is 21.2 Å². The summed E-state index contributed by atoms with van der Waals surface area (Å²) in [5.41, 5.74) is 0.632. The molecule has 2 rings (SSSR count). The Kier molecular flexibility index (Phi) is 5.29. The minimum absolute atomic E-state index is 0.169. The quantitative estimate of drug-likeness (QED) is 0.856. The smallest absolute Gasteiger partial charge is 0.228 e. The van der Waals surface area contributed by atoms with Gasteiger partial charge < -0.3 is 5.32 Å². The SMILES string of the molecule is CS(=O)(=O)N1CCCC(C(=O)Nc2ccc(Cl)c(Br)c2)C1. The van der Waals surface area contributed by atoms with Crippen molar-refractivity contribution in [3.05, 3.63) is 27.7 Å². The lowest BCUT2D eigenvalue weighted by Gasteiger charge is -2.30. The second-order valence-electron chi connectivity index (χ2n) is 5.08. The number of carbonyl (C=O) groups excluding carboxylic acids is 1. The Balaban J connectivity index is 2.04. The van der Waals surface area contributed by atoms with E-state index < -0.39 is 10.0 Å². The molecule has 1 aromatic carbocycles. The van der Waals surface area contributed by atoms with Crippen molar-refractivity contribution in [1.82, 2.24) is 4.31 Å². The molecular formula is C13H16BrClN2O3S. The van der Waals surface area contributed by atoms with Crippen molar-refractivity contribution < 1.29 is 13.2 Å². The summed E-state index contributed by atoms with van der Waals surface area (Å²) in [5.74, 6) is -0.500. The Labute approximate surface area is 137 Å². The van der Waals surface area contributed by atoms with Gasteiger partial charge >= 0.3 is 0 Å². The molecule has 1 saturated heterocycles. The van der Waals surface area contributed by atoms with Crippen molar-refractivity contribution in [2.45, 2.75) is 12.8 Å². The highest BCUT2D eigenvalue weighted by atomic mass is 79.9. The van der Waals surface area contributed by atoms with Gasteiger partial charge in [-0.2, -0.15) is 0 Å². The van der Waals surface area contributed by atoms with E-state index in [1.54, 1.807) is 18.2 Å². The molecule has 0 radical (unpaired) electrons. The van der Waals surface area contributed by atoms with Crippen LogP contribution in [0.1, 0.15) is 12.8 Å². The zero-order valence-corrected chi connectivity index (χ0v) is 14.6. The van der Waals surface area contributed by atoms with E-state index in [0.717, 1.165) is 0 Å². The number of amides is 1. The van der Waals surface area contributed by atoms with Crippen molar-refractivity contribution in [3.63, 3.8) is 0 Å². The summed E-state index contributed by atoms with van der Waals surface area (Å²) in [6, 6.07) is 5.12. The van der Waals surface area contributed by atoms with Crippen LogP contribution >= 0.6 is 27.5 Å². The molecule has 1 heterocycles. The Morgan fingerprint density at radius 3 is 2.81 bits per heavy atom. The van der Waals surface area contributed by atoms with Crippen molar-refractivity contribution in [2.24, 2.45) is 5.92 Å². The van der Waals surface area contributed by atoms with Crippen LogP contribution in [0.3, 0.4) is 0 Å². The molecule has 8 heteroatoms. The fourth-order valence-electron chi connectivity index (χ4n) is 2.28. The summed E-state index contributed by atoms with van der Waals surface area (Å²) in [4.78, 5) is 12.3. The number of nitrogens with one attached hydrogen (secondary N) is 1. The number of hydrogen-bond acceptors (Lipinski definition) is 3. The lowest BCUT2D eigenvalue weighted by Crippen LogP contribution is -2.43. The average molecular weight is 396 g/mol. The highest BCUT2D eigenvalue weighted by Gasteiger charge is 2.30. The summed E-state index contributed by atoms with van der Waals surface area (Å²) in [6.07, 6.45) is 2.55. The molecule has 1 aromatic rings. The number of rotatable bonds is 3. The van der Waals surface area contributed by atoms with Crippen LogP contribution in [-0.2, 0) is 14.8 Å². The highest BCUT2D eigenvalue weighted by Crippen LogP contribution is 2.26. The van der Waals surface area contributed by atoms with Gasteiger partial charge in [0.05, 0.1) is 17.2 Å². The van der Waals surface area contributed by atoms with Crippen LogP contribution in [0.25, 0.3) is 0 Å². The van der Waals surface area contributed by atoms with Crippen LogP contribution in [0.4, 0.5) is 5.69 Å². The molecule has 1 N–H and O–H groups in total. The largest absolute Gasteiger partial charge is 0.326 e. The fraction of sp³-hybridized carbons (Fsp3) is 0.462. The second-order valence-corrected chi connectivity index (χ2v) is 8.32. The maximum Gasteiger partial charge on any atom is 0.228 e. The summed E-state index contributed by atoms with van der Waals surface area (Å²) in [5, 5.41) is 3.37. The summed E-state index contributed by atoms with van der Waals surface area (Å²) >= 11 is 9.20. The van der Waals surface area contributed by atoms with Gasteiger partial charge in [-0.05, 0) is 47.0 Å². The molecule has 1 aliphatic heterocycles. The van der Waals surface area contributed by atoms with Crippen LogP contribution in [-0.4, -0.2) is 38.0 Å². The van der Waals surface area contributed by atoms with Gasteiger partial charge in [0, 0.05) is 23.2 Å². The van der Waals surface area contributed by atoms with Gasteiger partial charge in [-0.25, -0.2) is 12.7 Å². The third kappa shape index (κ3) is 4.42. The van der Waals surface area contributed by atoms with Crippen molar-refractivity contribution in [3.8, 4) is 0 Å². The molecule has 1 unspecified atom stereocenters. The predicted molar refractivity (Wildman–Crippen MR) is 86.9 cm³/mol. The third-order valence-corrected chi connectivity index (χ3v) is 5.89. The van der Waals surface area contributed by atoms with Gasteiger partial charge in [0.1, 0.15) is 0 Å². The minimum Gasteiger partial charge on any atom is -0.326 e. The monoisotopic (exact) mass is 394 g/mol. The van der Waals surface area contributed by atoms with Gasteiger partial charge in [-0.3, -0.25) is 4.79 Å². The van der Waals surface area contributed by atoms with E-state index in [1.807, 2.05) is 0 Å². The molecule has 5 nitrogen and oxygen atoms in total. The van der Waals surface area contributed by atoms with Crippen LogP contribution in [0.15, 0.2) is 22.7 Å². The number of halogens is 2. The number of hydrogen-bond donors (Lipinski definition) is 1. The van der Waals surface area contributed by atoms with E-state index >= 15 is 0 Å². The van der Waals surface area contributed by atoms with Gasteiger partial charge in [0.15, 0.2) is 0 Å². The van der Waals surface area contributed by atoms with Crippen LogP contribution in [0.5, 0.6) is 0 Å². The Bertz CT molecular complexity index is 651. The number of carbonyl (C=O) groups is 1. The normalized spacial score (nSPS) is 20.2. The molecule has 0 spiro atoms. The molecular weight excluding hydrogens is 380 g/mol. The van der Waals surface area contributed by atoms with E-state index in [-0.39, 0.29) is 18.4 Å². The minimum atomic E-state index is -3.25. The van der Waals surface area contributed by atoms with Crippen molar-refractivity contribution >= 4 is 49.1 Å². The van der Waals surface area contributed by atoms with Gasteiger partial charge in [-0.1, -0.05) is 11.6 Å². The lowest BCUT2D eigenvalue weighted by atomic mass is 9.99. The molecule has 0 aliphatic carbocycles. The molecule has 21 heavy (non-hydrogen) atoms. The van der Waals surface area contributed by atoms with Crippen molar-refractivity contribution in [1.29, 1.82) is 0 Å². The number of anilines is 1. The zero-order valence-electron chi connectivity index (χ0n) is 11.5. The third-order valence-electron chi connectivity index (χ3n) is 3.41. The first-order valence-electron chi connectivity index (χ1n) is 6.48. The number of benzene rings is 1. The van der Waals surface area contributed by atoms with E-state index in [1.165, 1.54) is 10.6 Å². The summed E-state index contributed by atoms with van der Waals surface area (Å²) in [6.45, 7) is 0.717. The maximum absolute atomic E-state index is 12.3. The van der Waals surface area contributed by atoms with Gasteiger partial charge in [0.25, 0.3) is 0 Å². The first-order chi connectivity index (χ1) is 9.77. The van der Waals surface area contributed by atoms with E-state index in [9.17, 15) is 13.2 Å². The average Bonchev–Trinajstić information content (AvgIpc) is 2.42. The highest BCUT2D eigenvalue weighted by molar-refractivity contribution is 9.10. The summed E-state index contributed by atoms with van der Waals surface area (Å²) in [7, 11) is -3.25. The van der Waals surface area contributed by atoms with Gasteiger partial charge in [-0.15, -0.1) is 0 Å². The van der Waals surface area contributed by atoms with Gasteiger partial charge in [0.2, 0.25) is 15.9 Å². The zero-order chi connectivity index (χ0) is 15.6. The molecule has 0 bridgehead atoms. The van der Waals surface area contributed by atoms with Crippen LogP contribution < -0.4 is 5.32 Å². The molecule has 0 saturated carbocycles. The van der Waals surface area contributed by atoms with E-state index in [4.69, 9.17) is 11.6 Å². The standard InChI is InChI=1S/C13H16BrClN2O3S/c1-21(19,20)17-6-2-3-9(8-17)13(18)16-10-4-5-12(15)11(14)7-10/h4-5,7,9H,2-3,6,8H2,1H3,(H,16,18). The molecule has 1 atom stereocenters. The van der Waals surface area contributed by atoms with Crippen LogP contribution in [0, 0.1) is 5.92 Å². The predicted octanol–water partition coefficient (Wildman–Crippen LogP) is 2.71. The Morgan fingerprint density at radius 2 is 2.19 bits per heavy atom. The first-order valence-corrected chi connectivity index (χ1v) is 9.50. The first kappa shape index (κ1) is 16.7. The Hall–Kier alpha value is -0.630. The molecule has 0 aromatic heterocycles.